The maximum absolute atomic E-state index is 5.80. The van der Waals surface area contributed by atoms with Crippen LogP contribution in [-0.2, 0) is 6.42 Å². The van der Waals surface area contributed by atoms with Crippen molar-refractivity contribution in [1.29, 1.82) is 0 Å². The lowest BCUT2D eigenvalue weighted by Crippen LogP contribution is -2.18. The Kier molecular flexibility index (Phi) is 5.61. The molecule has 0 saturated carbocycles. The first-order chi connectivity index (χ1) is 7.71. The Hall–Kier alpha value is -0.760. The number of hydrogen-bond acceptors (Lipinski definition) is 2. The van der Waals surface area contributed by atoms with Crippen molar-refractivity contribution in [3.63, 3.8) is 0 Å². The summed E-state index contributed by atoms with van der Waals surface area (Å²) < 4.78 is 5.80. The van der Waals surface area contributed by atoms with Crippen LogP contribution in [0.25, 0.3) is 0 Å². The molecule has 2 heteroatoms. The first-order valence-corrected chi connectivity index (χ1v) is 6.47. The fraction of sp³-hybridized carbons (Fsp3) is 0.714. The van der Waals surface area contributed by atoms with Crippen molar-refractivity contribution in [3.05, 3.63) is 23.7 Å². The predicted octanol–water partition coefficient (Wildman–Crippen LogP) is 3.93. The summed E-state index contributed by atoms with van der Waals surface area (Å²) in [6, 6.07) is 4.56. The van der Waals surface area contributed by atoms with Gasteiger partial charge in [0.15, 0.2) is 0 Å². The zero-order valence-corrected chi connectivity index (χ0v) is 11.0. The van der Waals surface area contributed by atoms with E-state index in [1.54, 1.807) is 0 Å². The van der Waals surface area contributed by atoms with Crippen LogP contribution in [0, 0.1) is 5.92 Å². The second-order valence-electron chi connectivity index (χ2n) is 4.63. The maximum atomic E-state index is 5.80. The van der Waals surface area contributed by atoms with Gasteiger partial charge in [-0.05, 0) is 31.5 Å². The summed E-state index contributed by atoms with van der Waals surface area (Å²) in [6.45, 7) is 6.68. The van der Waals surface area contributed by atoms with Gasteiger partial charge >= 0.3 is 0 Å². The minimum Gasteiger partial charge on any atom is -0.464 e. The smallest absolute Gasteiger partial charge is 0.121 e. The van der Waals surface area contributed by atoms with Gasteiger partial charge in [0.25, 0.3) is 0 Å². The van der Waals surface area contributed by atoms with Gasteiger partial charge in [-0.1, -0.05) is 33.6 Å². The topological polar surface area (TPSA) is 25.2 Å². The lowest BCUT2D eigenvalue weighted by Gasteiger charge is -2.18. The van der Waals surface area contributed by atoms with E-state index in [0.29, 0.717) is 6.04 Å². The number of furan rings is 1. The molecular formula is C14H25NO. The molecule has 0 aliphatic carbocycles. The van der Waals surface area contributed by atoms with Gasteiger partial charge in [-0.15, -0.1) is 0 Å². The normalized spacial score (nSPS) is 15.0. The molecule has 0 spiro atoms. The molecule has 1 heterocycles. The molecule has 0 saturated heterocycles. The Labute approximate surface area is 99.4 Å². The van der Waals surface area contributed by atoms with Crippen molar-refractivity contribution in [3.8, 4) is 0 Å². The lowest BCUT2D eigenvalue weighted by molar-refractivity contribution is 0.346. The highest BCUT2D eigenvalue weighted by Crippen LogP contribution is 2.25. The molecule has 2 unspecified atom stereocenters. The quantitative estimate of drug-likeness (QED) is 0.757. The number of aryl methyl sites for hydroxylation is 1. The second kappa shape index (κ2) is 6.74. The van der Waals surface area contributed by atoms with Gasteiger partial charge < -0.3 is 9.73 Å². The van der Waals surface area contributed by atoms with Crippen LogP contribution < -0.4 is 5.32 Å². The van der Waals surface area contributed by atoms with E-state index in [1.807, 2.05) is 7.05 Å². The molecule has 16 heavy (non-hydrogen) atoms. The van der Waals surface area contributed by atoms with Crippen LogP contribution in [0.2, 0.25) is 0 Å². The Balaban J connectivity index is 2.59. The van der Waals surface area contributed by atoms with E-state index in [1.165, 1.54) is 12.8 Å². The first kappa shape index (κ1) is 13.3. The van der Waals surface area contributed by atoms with Crippen LogP contribution in [0.4, 0.5) is 0 Å². The van der Waals surface area contributed by atoms with Crippen LogP contribution in [0.3, 0.4) is 0 Å². The van der Waals surface area contributed by atoms with Crippen molar-refractivity contribution in [1.82, 2.24) is 5.32 Å². The second-order valence-corrected chi connectivity index (χ2v) is 4.63. The van der Waals surface area contributed by atoms with Crippen molar-refractivity contribution in [2.45, 2.75) is 52.5 Å². The monoisotopic (exact) mass is 223 g/mol. The van der Waals surface area contributed by atoms with Crippen LogP contribution in [-0.4, -0.2) is 7.05 Å². The van der Waals surface area contributed by atoms with Gasteiger partial charge in [0.1, 0.15) is 11.5 Å². The van der Waals surface area contributed by atoms with Crippen molar-refractivity contribution in [2.75, 3.05) is 7.05 Å². The van der Waals surface area contributed by atoms with E-state index < -0.39 is 0 Å². The third kappa shape index (κ3) is 3.67. The fourth-order valence-corrected chi connectivity index (χ4v) is 2.16. The standard InChI is InChI=1S/C14H25NO/c1-5-7-11(3)10-13(15-4)14-9-8-12(6-2)16-14/h8-9,11,13,15H,5-7,10H2,1-4H3. The molecule has 92 valence electrons. The van der Waals surface area contributed by atoms with E-state index in [0.717, 1.165) is 30.3 Å². The average Bonchev–Trinajstić information content (AvgIpc) is 2.74. The van der Waals surface area contributed by atoms with Crippen molar-refractivity contribution < 1.29 is 4.42 Å². The third-order valence-corrected chi connectivity index (χ3v) is 3.14. The molecule has 1 aromatic heterocycles. The van der Waals surface area contributed by atoms with E-state index in [4.69, 9.17) is 4.42 Å². The molecule has 0 fully saturated rings. The van der Waals surface area contributed by atoms with Gasteiger partial charge in [-0.3, -0.25) is 0 Å². The molecule has 0 radical (unpaired) electrons. The van der Waals surface area contributed by atoms with E-state index in [2.05, 4.69) is 38.2 Å². The first-order valence-electron chi connectivity index (χ1n) is 6.47. The largest absolute Gasteiger partial charge is 0.464 e. The fourth-order valence-electron chi connectivity index (χ4n) is 2.16. The molecule has 1 rings (SSSR count). The summed E-state index contributed by atoms with van der Waals surface area (Å²) >= 11 is 0. The predicted molar refractivity (Wildman–Crippen MR) is 68.6 cm³/mol. The SMILES string of the molecule is CCCC(C)CC(NC)c1ccc(CC)o1. The summed E-state index contributed by atoms with van der Waals surface area (Å²) in [4.78, 5) is 0. The van der Waals surface area contributed by atoms with E-state index >= 15 is 0 Å². The van der Waals surface area contributed by atoms with Gasteiger partial charge in [0, 0.05) is 6.42 Å². The van der Waals surface area contributed by atoms with Crippen LogP contribution in [0.1, 0.15) is 57.6 Å². The molecular weight excluding hydrogens is 198 g/mol. The maximum Gasteiger partial charge on any atom is 0.121 e. The summed E-state index contributed by atoms with van der Waals surface area (Å²) in [7, 11) is 2.01. The Morgan fingerprint density at radius 2 is 2.06 bits per heavy atom. The zero-order chi connectivity index (χ0) is 12.0. The van der Waals surface area contributed by atoms with Gasteiger partial charge in [-0.2, -0.15) is 0 Å². The average molecular weight is 223 g/mol. The summed E-state index contributed by atoms with van der Waals surface area (Å²) in [5.41, 5.74) is 0. The van der Waals surface area contributed by atoms with Gasteiger partial charge in [-0.25, -0.2) is 0 Å². The molecule has 0 bridgehead atoms. The Morgan fingerprint density at radius 3 is 2.56 bits per heavy atom. The molecule has 1 aromatic rings. The van der Waals surface area contributed by atoms with E-state index in [-0.39, 0.29) is 0 Å². The lowest BCUT2D eigenvalue weighted by atomic mass is 9.96. The molecule has 0 amide bonds. The molecule has 0 aliphatic heterocycles. The third-order valence-electron chi connectivity index (χ3n) is 3.14. The molecule has 2 atom stereocenters. The van der Waals surface area contributed by atoms with Crippen molar-refractivity contribution >= 4 is 0 Å². The molecule has 0 aromatic carbocycles. The minimum absolute atomic E-state index is 0.363. The Bertz CT molecular complexity index is 293. The Morgan fingerprint density at radius 1 is 1.31 bits per heavy atom. The highest BCUT2D eigenvalue weighted by Gasteiger charge is 2.16. The molecule has 1 N–H and O–H groups in total. The highest BCUT2D eigenvalue weighted by molar-refractivity contribution is 5.10. The highest BCUT2D eigenvalue weighted by atomic mass is 16.3. The van der Waals surface area contributed by atoms with E-state index in [9.17, 15) is 0 Å². The van der Waals surface area contributed by atoms with Gasteiger partial charge in [0.2, 0.25) is 0 Å². The molecule has 2 nitrogen and oxygen atoms in total. The van der Waals surface area contributed by atoms with Crippen LogP contribution in [0.15, 0.2) is 16.5 Å². The zero-order valence-electron chi connectivity index (χ0n) is 11.0. The van der Waals surface area contributed by atoms with Crippen molar-refractivity contribution in [2.24, 2.45) is 5.92 Å². The van der Waals surface area contributed by atoms with Crippen LogP contribution in [0.5, 0.6) is 0 Å². The summed E-state index contributed by atoms with van der Waals surface area (Å²) in [5.74, 6) is 2.92. The summed E-state index contributed by atoms with van der Waals surface area (Å²) in [5, 5.41) is 3.35. The van der Waals surface area contributed by atoms with Crippen LogP contribution >= 0.6 is 0 Å². The number of nitrogens with one attached hydrogen (secondary N) is 1. The summed E-state index contributed by atoms with van der Waals surface area (Å²) in [6.07, 6.45) is 4.68. The molecule has 0 aliphatic rings. The number of hydrogen-bond donors (Lipinski definition) is 1. The number of rotatable bonds is 7. The van der Waals surface area contributed by atoms with Gasteiger partial charge in [0.05, 0.1) is 6.04 Å². The minimum atomic E-state index is 0.363.